The highest BCUT2D eigenvalue weighted by molar-refractivity contribution is 6.04. The molecule has 4 rings (SSSR count). The Balaban J connectivity index is 1.41. The van der Waals surface area contributed by atoms with E-state index in [1.165, 1.54) is 30.5 Å². The minimum absolute atomic E-state index is 0.00508. The Morgan fingerprint density at radius 3 is 2.56 bits per heavy atom. The highest BCUT2D eigenvalue weighted by Gasteiger charge is 2.34. The van der Waals surface area contributed by atoms with Crippen LogP contribution >= 0.6 is 0 Å². The van der Waals surface area contributed by atoms with E-state index in [4.69, 9.17) is 4.74 Å². The number of benzene rings is 1. The van der Waals surface area contributed by atoms with Crippen molar-refractivity contribution in [3.8, 4) is 0 Å². The van der Waals surface area contributed by atoms with Crippen molar-refractivity contribution in [3.05, 3.63) is 53.4 Å². The summed E-state index contributed by atoms with van der Waals surface area (Å²) >= 11 is 0. The third kappa shape index (κ3) is 5.09. The molecule has 2 aromatic rings. The maximum absolute atomic E-state index is 13.1. The summed E-state index contributed by atoms with van der Waals surface area (Å²) in [6.07, 6.45) is 2.86. The maximum Gasteiger partial charge on any atom is 0.259 e. The van der Waals surface area contributed by atoms with Gasteiger partial charge in [0.1, 0.15) is 19.0 Å². The lowest BCUT2D eigenvalue weighted by Crippen LogP contribution is -2.47. The fourth-order valence-electron chi connectivity index (χ4n) is 4.05. The van der Waals surface area contributed by atoms with E-state index in [2.05, 4.69) is 15.3 Å². The molecule has 0 unspecified atom stereocenters. The Hall–Kier alpha value is -3.73. The van der Waals surface area contributed by atoms with Crippen LogP contribution in [0.5, 0.6) is 0 Å². The molecule has 3 heterocycles. The first-order chi connectivity index (χ1) is 16.3. The van der Waals surface area contributed by atoms with Gasteiger partial charge < -0.3 is 15.0 Å². The lowest BCUT2D eigenvalue weighted by molar-refractivity contribution is -0.158. The summed E-state index contributed by atoms with van der Waals surface area (Å²) < 4.78 is 18.0. The van der Waals surface area contributed by atoms with Gasteiger partial charge in [0.15, 0.2) is 5.82 Å². The number of nitrogens with one attached hydrogen (secondary N) is 1. The number of carbonyl (C=O) groups excluding carboxylic acids is 4. The number of carbonyl (C=O) groups is 4. The van der Waals surface area contributed by atoms with Crippen molar-refractivity contribution in [3.63, 3.8) is 0 Å². The van der Waals surface area contributed by atoms with Gasteiger partial charge in [0.25, 0.3) is 17.7 Å². The molecule has 1 aromatic carbocycles. The van der Waals surface area contributed by atoms with Crippen LogP contribution in [0.15, 0.2) is 30.5 Å². The summed E-state index contributed by atoms with van der Waals surface area (Å²) in [7, 11) is 0. The molecule has 34 heavy (non-hydrogen) atoms. The first-order valence-corrected chi connectivity index (χ1v) is 10.9. The molecule has 2 aliphatic heterocycles. The van der Waals surface area contributed by atoms with E-state index < -0.39 is 23.5 Å². The second kappa shape index (κ2) is 10.0. The number of hydrogen-bond donors (Lipinski definition) is 1. The van der Waals surface area contributed by atoms with Gasteiger partial charge in [0.05, 0.1) is 17.3 Å². The van der Waals surface area contributed by atoms with Crippen molar-refractivity contribution in [2.75, 3.05) is 31.6 Å². The van der Waals surface area contributed by atoms with E-state index in [0.29, 0.717) is 30.2 Å². The van der Waals surface area contributed by atoms with Gasteiger partial charge in [-0.2, -0.15) is 0 Å². The Labute approximate surface area is 195 Å². The van der Waals surface area contributed by atoms with Crippen molar-refractivity contribution >= 4 is 29.3 Å². The molecule has 10 nitrogen and oxygen atoms in total. The van der Waals surface area contributed by atoms with Crippen molar-refractivity contribution < 1.29 is 28.3 Å². The summed E-state index contributed by atoms with van der Waals surface area (Å²) in [6, 6.07) is 5.06. The molecule has 0 aliphatic carbocycles. The van der Waals surface area contributed by atoms with Crippen LogP contribution in [0.3, 0.4) is 0 Å². The Morgan fingerprint density at radius 1 is 1.18 bits per heavy atom. The molecule has 4 amide bonds. The highest BCUT2D eigenvalue weighted by atomic mass is 19.1. The number of ether oxygens (including phenoxy) is 1. The first-order valence-electron chi connectivity index (χ1n) is 10.9. The van der Waals surface area contributed by atoms with E-state index in [-0.39, 0.29) is 43.7 Å². The number of hydrogen-bond acceptors (Lipinski definition) is 7. The number of aromatic nitrogens is 2. The summed E-state index contributed by atoms with van der Waals surface area (Å²) in [6.45, 7) is 1.87. The molecule has 1 atom stereocenters. The molecule has 0 saturated carbocycles. The number of imide groups is 1. The third-order valence-corrected chi connectivity index (χ3v) is 5.82. The molecule has 2 saturated heterocycles. The molecule has 1 N–H and O–H groups in total. The van der Waals surface area contributed by atoms with Gasteiger partial charge >= 0.3 is 0 Å². The molecule has 1 aromatic heterocycles. The van der Waals surface area contributed by atoms with Crippen LogP contribution in [-0.2, 0) is 19.1 Å². The van der Waals surface area contributed by atoms with Crippen molar-refractivity contribution in [2.45, 2.75) is 32.2 Å². The van der Waals surface area contributed by atoms with Gasteiger partial charge in [-0.05, 0) is 44.0 Å². The minimum atomic E-state index is -0.449. The van der Waals surface area contributed by atoms with E-state index >= 15 is 0 Å². The lowest BCUT2D eigenvalue weighted by Gasteiger charge is -2.27. The molecule has 11 heteroatoms. The molecular weight excluding hydrogens is 445 g/mol. The quantitative estimate of drug-likeness (QED) is 0.638. The van der Waals surface area contributed by atoms with Gasteiger partial charge in [0, 0.05) is 31.4 Å². The molecule has 0 bridgehead atoms. The van der Waals surface area contributed by atoms with E-state index in [1.54, 1.807) is 11.8 Å². The number of amides is 4. The molecule has 2 fully saturated rings. The van der Waals surface area contributed by atoms with E-state index in [9.17, 15) is 23.6 Å². The van der Waals surface area contributed by atoms with Crippen LogP contribution in [0.1, 0.15) is 47.2 Å². The van der Waals surface area contributed by atoms with Gasteiger partial charge in [-0.25, -0.2) is 14.4 Å². The SMILES string of the molecule is Cc1nc([C@H]2CCCN2C(=O)CCN2C(=O)COCC2=O)ncc1C(=O)Nc1ccc(F)cc1. The molecule has 178 valence electrons. The average molecular weight is 469 g/mol. The minimum Gasteiger partial charge on any atom is -0.362 e. The predicted molar refractivity (Wildman–Crippen MR) is 117 cm³/mol. The fourth-order valence-corrected chi connectivity index (χ4v) is 4.05. The largest absolute Gasteiger partial charge is 0.362 e. The average Bonchev–Trinajstić information content (AvgIpc) is 3.30. The fraction of sp³-hybridized carbons (Fsp3) is 0.391. The summed E-state index contributed by atoms with van der Waals surface area (Å²) in [5, 5.41) is 2.68. The number of halogens is 1. The summed E-state index contributed by atoms with van der Waals surface area (Å²) in [5.74, 6) is -1.49. The van der Waals surface area contributed by atoms with Crippen molar-refractivity contribution in [2.24, 2.45) is 0 Å². The van der Waals surface area contributed by atoms with Crippen LogP contribution < -0.4 is 5.32 Å². The number of rotatable bonds is 6. The van der Waals surface area contributed by atoms with Crippen LogP contribution in [0.2, 0.25) is 0 Å². The van der Waals surface area contributed by atoms with Gasteiger partial charge in [-0.1, -0.05) is 0 Å². The zero-order valence-corrected chi connectivity index (χ0v) is 18.6. The number of nitrogens with zero attached hydrogens (tertiary/aromatic N) is 4. The smallest absolute Gasteiger partial charge is 0.259 e. The Bertz CT molecular complexity index is 1110. The first kappa shape index (κ1) is 23.4. The Kier molecular flexibility index (Phi) is 6.92. The summed E-state index contributed by atoms with van der Waals surface area (Å²) in [4.78, 5) is 60.7. The number of anilines is 1. The number of morpholine rings is 1. The van der Waals surface area contributed by atoms with Crippen LogP contribution in [-0.4, -0.2) is 69.7 Å². The molecule has 2 aliphatic rings. The van der Waals surface area contributed by atoms with Crippen LogP contribution in [0.25, 0.3) is 0 Å². The summed E-state index contributed by atoms with van der Waals surface area (Å²) in [5.41, 5.74) is 1.17. The standard InChI is InChI=1S/C23H24FN5O5/c1-14-17(23(33)27-16-6-4-15(24)5-7-16)11-25-22(26-14)18-3-2-9-28(18)19(30)8-10-29-20(31)12-34-13-21(29)32/h4-7,11,18H,2-3,8-10,12-13H2,1H3,(H,27,33)/t18-/m1/s1. The van der Waals surface area contributed by atoms with E-state index in [1.807, 2.05) is 0 Å². The molecular formula is C23H24FN5O5. The number of likely N-dealkylation sites (tertiary alicyclic amines) is 1. The second-order valence-electron chi connectivity index (χ2n) is 8.12. The monoisotopic (exact) mass is 469 g/mol. The second-order valence-corrected chi connectivity index (χ2v) is 8.12. The zero-order chi connectivity index (χ0) is 24.2. The van der Waals surface area contributed by atoms with Gasteiger partial charge in [-0.3, -0.25) is 24.1 Å². The van der Waals surface area contributed by atoms with Crippen molar-refractivity contribution in [1.82, 2.24) is 19.8 Å². The lowest BCUT2D eigenvalue weighted by atomic mass is 10.1. The number of aryl methyl sites for hydroxylation is 1. The maximum atomic E-state index is 13.1. The topological polar surface area (TPSA) is 122 Å². The van der Waals surface area contributed by atoms with Crippen LogP contribution in [0.4, 0.5) is 10.1 Å². The normalized spacial score (nSPS) is 18.4. The Morgan fingerprint density at radius 2 is 1.88 bits per heavy atom. The van der Waals surface area contributed by atoms with Gasteiger partial charge in [-0.15, -0.1) is 0 Å². The molecule has 0 spiro atoms. The zero-order valence-electron chi connectivity index (χ0n) is 18.6. The predicted octanol–water partition coefficient (Wildman–Crippen LogP) is 1.62. The van der Waals surface area contributed by atoms with Crippen molar-refractivity contribution in [1.29, 1.82) is 0 Å². The van der Waals surface area contributed by atoms with Crippen LogP contribution in [0, 0.1) is 12.7 Å². The van der Waals surface area contributed by atoms with Gasteiger partial charge in [0.2, 0.25) is 5.91 Å². The third-order valence-electron chi connectivity index (χ3n) is 5.82. The molecule has 0 radical (unpaired) electrons. The van der Waals surface area contributed by atoms with E-state index in [0.717, 1.165) is 11.3 Å². The highest BCUT2D eigenvalue weighted by Crippen LogP contribution is 2.30.